The third kappa shape index (κ3) is 3.83. The molecule has 0 amide bonds. The smallest absolute Gasteiger partial charge is 0.0467 e. The molecule has 2 bridgehead atoms. The normalized spacial score (nSPS) is 22.1. The Morgan fingerprint density at radius 3 is 2.12 bits per heavy atom. The third-order valence-corrected chi connectivity index (χ3v) is 9.85. The minimum atomic E-state index is 0.00816. The third-order valence-electron chi connectivity index (χ3n) is 9.85. The fraction of sp³-hybridized carbons (Fsp3) is 0.200. The maximum Gasteiger partial charge on any atom is 0.0467 e. The van der Waals surface area contributed by atoms with E-state index in [2.05, 4.69) is 140 Å². The van der Waals surface area contributed by atoms with E-state index in [4.69, 9.17) is 0 Å². The van der Waals surface area contributed by atoms with Crippen LogP contribution in [0, 0.1) is 11.8 Å². The summed E-state index contributed by atoms with van der Waals surface area (Å²) < 4.78 is 0. The molecule has 1 nitrogen and oxygen atoms in total. The summed E-state index contributed by atoms with van der Waals surface area (Å²) in [5.74, 6) is 1.50. The second-order valence-electron chi connectivity index (χ2n) is 12.3. The van der Waals surface area contributed by atoms with Crippen LogP contribution in [0.3, 0.4) is 0 Å². The standard InChI is InChI=1S/C40H35N/c1-27-24-28-22-23-40(30(25-27)26-28)35-18-9-7-17-34(35)39-36(40)19-11-21-38(39)41-37-20-10-8-16-33(37)32-15-6-5-14-31(32)29-12-3-2-4-13-29/h2-21,25,27-28,41H,22-24,26H2,1H3. The Hall–Kier alpha value is -4.36. The van der Waals surface area contributed by atoms with E-state index >= 15 is 0 Å². The van der Waals surface area contributed by atoms with Crippen molar-refractivity contribution in [2.24, 2.45) is 11.8 Å². The molecule has 3 atom stereocenters. The summed E-state index contributed by atoms with van der Waals surface area (Å²) in [5.41, 5.74) is 14.7. The molecule has 41 heavy (non-hydrogen) atoms. The number of fused-ring (bicyclic) bond motifs is 8. The average Bonchev–Trinajstić information content (AvgIpc) is 3.31. The number of nitrogens with one attached hydrogen (secondary N) is 1. The highest BCUT2D eigenvalue weighted by atomic mass is 14.9. The van der Waals surface area contributed by atoms with Gasteiger partial charge in [0.1, 0.15) is 0 Å². The molecule has 8 rings (SSSR count). The molecule has 1 spiro atoms. The van der Waals surface area contributed by atoms with Crippen molar-refractivity contribution in [3.05, 3.63) is 144 Å². The van der Waals surface area contributed by atoms with E-state index in [1.54, 1.807) is 5.57 Å². The lowest BCUT2D eigenvalue weighted by Gasteiger charge is -2.45. The van der Waals surface area contributed by atoms with Gasteiger partial charge in [-0.2, -0.15) is 0 Å². The molecule has 1 saturated carbocycles. The molecule has 0 radical (unpaired) electrons. The Bertz CT molecular complexity index is 1800. The zero-order valence-corrected chi connectivity index (χ0v) is 23.6. The molecule has 1 fully saturated rings. The highest BCUT2D eigenvalue weighted by Crippen LogP contribution is 2.62. The zero-order chi connectivity index (χ0) is 27.4. The number of anilines is 2. The van der Waals surface area contributed by atoms with Crippen LogP contribution in [0.1, 0.15) is 43.7 Å². The van der Waals surface area contributed by atoms with Crippen LogP contribution in [-0.4, -0.2) is 0 Å². The van der Waals surface area contributed by atoms with E-state index in [1.807, 2.05) is 0 Å². The van der Waals surface area contributed by atoms with Gasteiger partial charge in [0, 0.05) is 27.9 Å². The summed E-state index contributed by atoms with van der Waals surface area (Å²) in [6.45, 7) is 2.41. The van der Waals surface area contributed by atoms with Crippen molar-refractivity contribution in [3.8, 4) is 33.4 Å². The quantitative estimate of drug-likeness (QED) is 0.228. The van der Waals surface area contributed by atoms with E-state index in [0.717, 1.165) is 11.6 Å². The van der Waals surface area contributed by atoms with E-state index in [-0.39, 0.29) is 5.41 Å². The highest BCUT2D eigenvalue weighted by Gasteiger charge is 2.50. The van der Waals surface area contributed by atoms with Gasteiger partial charge in [0.15, 0.2) is 0 Å². The minimum Gasteiger partial charge on any atom is -0.355 e. The summed E-state index contributed by atoms with van der Waals surface area (Å²) in [7, 11) is 0. The van der Waals surface area contributed by atoms with E-state index in [1.165, 1.54) is 75.9 Å². The van der Waals surface area contributed by atoms with Gasteiger partial charge in [-0.1, -0.05) is 128 Å². The van der Waals surface area contributed by atoms with Crippen LogP contribution >= 0.6 is 0 Å². The van der Waals surface area contributed by atoms with E-state index in [0.29, 0.717) is 5.92 Å². The number of benzene rings is 5. The lowest BCUT2D eigenvalue weighted by molar-refractivity contribution is 0.284. The molecule has 0 aliphatic heterocycles. The first-order valence-electron chi connectivity index (χ1n) is 15.2. The molecule has 200 valence electrons. The fourth-order valence-corrected chi connectivity index (χ4v) is 8.21. The van der Waals surface area contributed by atoms with Crippen LogP contribution in [-0.2, 0) is 5.41 Å². The SMILES string of the molecule is CC1C=C2CC(CCC23c2ccccc2-c2c(Nc4ccccc4-c4ccccc4-c4ccccc4)cccc23)C1. The van der Waals surface area contributed by atoms with Gasteiger partial charge in [0.2, 0.25) is 0 Å². The molecular weight excluding hydrogens is 494 g/mol. The van der Waals surface area contributed by atoms with Gasteiger partial charge in [0.25, 0.3) is 0 Å². The molecule has 1 heteroatoms. The minimum absolute atomic E-state index is 0.00816. The Morgan fingerprint density at radius 1 is 0.610 bits per heavy atom. The monoisotopic (exact) mass is 529 g/mol. The zero-order valence-electron chi connectivity index (χ0n) is 23.6. The van der Waals surface area contributed by atoms with Crippen molar-refractivity contribution in [1.29, 1.82) is 0 Å². The Labute approximate surface area is 243 Å². The topological polar surface area (TPSA) is 12.0 Å². The highest BCUT2D eigenvalue weighted by molar-refractivity contribution is 5.96. The maximum atomic E-state index is 3.96. The lowest BCUT2D eigenvalue weighted by Crippen LogP contribution is -2.36. The Morgan fingerprint density at radius 2 is 1.27 bits per heavy atom. The van der Waals surface area contributed by atoms with Crippen LogP contribution in [0.5, 0.6) is 0 Å². The first-order chi connectivity index (χ1) is 20.2. The van der Waals surface area contributed by atoms with Crippen LogP contribution in [0.2, 0.25) is 0 Å². The maximum absolute atomic E-state index is 3.96. The van der Waals surface area contributed by atoms with Crippen molar-refractivity contribution >= 4 is 11.4 Å². The summed E-state index contributed by atoms with van der Waals surface area (Å²) in [6.07, 6.45) is 7.74. The van der Waals surface area contributed by atoms with Gasteiger partial charge < -0.3 is 5.32 Å². The van der Waals surface area contributed by atoms with Crippen LogP contribution in [0.25, 0.3) is 33.4 Å². The fourth-order valence-electron chi connectivity index (χ4n) is 8.21. The Balaban J connectivity index is 1.28. The molecule has 0 saturated heterocycles. The molecule has 5 aromatic rings. The first-order valence-corrected chi connectivity index (χ1v) is 15.2. The van der Waals surface area contributed by atoms with Crippen molar-refractivity contribution in [3.63, 3.8) is 0 Å². The summed E-state index contributed by atoms with van der Waals surface area (Å²) in [5, 5.41) is 3.96. The molecule has 3 aliphatic carbocycles. The van der Waals surface area contributed by atoms with Crippen molar-refractivity contribution < 1.29 is 0 Å². The predicted molar refractivity (Wildman–Crippen MR) is 172 cm³/mol. The van der Waals surface area contributed by atoms with Gasteiger partial charge in [0.05, 0.1) is 0 Å². The van der Waals surface area contributed by atoms with Crippen molar-refractivity contribution in [2.75, 3.05) is 5.32 Å². The van der Waals surface area contributed by atoms with Crippen molar-refractivity contribution in [1.82, 2.24) is 0 Å². The molecule has 5 aromatic carbocycles. The molecule has 1 N–H and O–H groups in total. The largest absolute Gasteiger partial charge is 0.355 e. The van der Waals surface area contributed by atoms with E-state index < -0.39 is 0 Å². The lowest BCUT2D eigenvalue weighted by atomic mass is 9.58. The number of para-hydroxylation sites is 1. The number of hydrogen-bond donors (Lipinski definition) is 1. The second kappa shape index (κ2) is 9.63. The molecular formula is C40H35N. The Kier molecular flexibility index (Phi) is 5.74. The van der Waals surface area contributed by atoms with Crippen LogP contribution in [0.15, 0.2) is 133 Å². The molecule has 3 aliphatic rings. The van der Waals surface area contributed by atoms with Gasteiger partial charge >= 0.3 is 0 Å². The van der Waals surface area contributed by atoms with E-state index in [9.17, 15) is 0 Å². The summed E-state index contributed by atoms with van der Waals surface area (Å²) in [4.78, 5) is 0. The summed E-state index contributed by atoms with van der Waals surface area (Å²) in [6, 6.07) is 44.4. The van der Waals surface area contributed by atoms with Crippen molar-refractivity contribution in [2.45, 2.75) is 38.0 Å². The molecule has 0 heterocycles. The van der Waals surface area contributed by atoms with Gasteiger partial charge in [-0.3, -0.25) is 0 Å². The van der Waals surface area contributed by atoms with Crippen LogP contribution < -0.4 is 5.32 Å². The van der Waals surface area contributed by atoms with Gasteiger partial charge in [-0.05, 0) is 83.0 Å². The predicted octanol–water partition coefficient (Wildman–Crippen LogP) is 10.8. The van der Waals surface area contributed by atoms with Gasteiger partial charge in [-0.15, -0.1) is 0 Å². The number of hydrogen-bond acceptors (Lipinski definition) is 1. The average molecular weight is 530 g/mol. The molecule has 0 aromatic heterocycles. The number of allylic oxidation sites excluding steroid dienone is 2. The molecule has 3 unspecified atom stereocenters. The second-order valence-corrected chi connectivity index (χ2v) is 12.3. The first kappa shape index (κ1) is 24.4. The number of rotatable bonds is 4. The van der Waals surface area contributed by atoms with Crippen LogP contribution in [0.4, 0.5) is 11.4 Å². The van der Waals surface area contributed by atoms with Gasteiger partial charge in [-0.25, -0.2) is 0 Å². The summed E-state index contributed by atoms with van der Waals surface area (Å²) >= 11 is 0.